The van der Waals surface area contributed by atoms with Gasteiger partial charge in [-0.1, -0.05) is 75.3 Å². The first-order valence-electron chi connectivity index (χ1n) is 24.5. The van der Waals surface area contributed by atoms with E-state index < -0.39 is 120 Å². The van der Waals surface area contributed by atoms with Crippen LogP contribution in [0.3, 0.4) is 0 Å². The Hall–Kier alpha value is -4.30. The summed E-state index contributed by atoms with van der Waals surface area (Å²) in [6.45, 7) is 21.2. The summed E-state index contributed by atoms with van der Waals surface area (Å²) in [5.41, 5.74) is -3.74. The summed E-state index contributed by atoms with van der Waals surface area (Å²) in [6, 6.07) is 16.7. The van der Waals surface area contributed by atoms with Crippen molar-refractivity contribution in [3.8, 4) is 0 Å². The monoisotopic (exact) mass is 983 g/mol. The minimum Gasteiger partial charge on any atom is -0.459 e. The Morgan fingerprint density at radius 1 is 0.857 bits per heavy atom. The summed E-state index contributed by atoms with van der Waals surface area (Å²) in [6.07, 6.45) is -8.12. The highest BCUT2D eigenvalue weighted by Crippen LogP contribution is 2.43. The molecule has 0 bridgehead atoms. The summed E-state index contributed by atoms with van der Waals surface area (Å²) in [5, 5.41) is 41.6. The molecule has 0 unspecified atom stereocenters. The number of esters is 3. The van der Waals surface area contributed by atoms with Gasteiger partial charge in [0.1, 0.15) is 17.3 Å². The highest BCUT2D eigenvalue weighted by atomic mass is 16.7. The third kappa shape index (κ3) is 12.8. The molecule has 3 heterocycles. The molecule has 0 aromatic heterocycles. The van der Waals surface area contributed by atoms with Gasteiger partial charge in [0.2, 0.25) is 0 Å². The number of likely N-dealkylation sites (N-methyl/N-ethyl adjacent to an activating group) is 1. The number of methoxy groups -OCH3 is 1. The number of carbonyl (C=O) groups excluding carboxylic acids is 3. The summed E-state index contributed by atoms with van der Waals surface area (Å²) in [5.74, 6) is -5.49. The quantitative estimate of drug-likeness (QED) is 0.0512. The molecule has 0 amide bonds. The highest BCUT2D eigenvalue weighted by Gasteiger charge is 2.55. The van der Waals surface area contributed by atoms with Crippen LogP contribution in [0.5, 0.6) is 0 Å². The maximum atomic E-state index is 14.8. The Balaban J connectivity index is 1.66. The summed E-state index contributed by atoms with van der Waals surface area (Å²) < 4.78 is 58.8. The lowest BCUT2D eigenvalue weighted by atomic mass is 9.73. The molecule has 3 saturated heterocycles. The average Bonchev–Trinajstić information content (AvgIpc) is 3.34. The van der Waals surface area contributed by atoms with E-state index in [0.717, 1.165) is 0 Å². The normalized spacial score (nSPS) is 39.5. The molecule has 3 aliphatic heterocycles. The van der Waals surface area contributed by atoms with E-state index in [9.17, 15) is 29.8 Å². The van der Waals surface area contributed by atoms with Gasteiger partial charge in [-0.05, 0) is 92.1 Å². The van der Waals surface area contributed by atoms with Crippen LogP contribution < -0.4 is 5.32 Å². The Labute approximate surface area is 413 Å². The van der Waals surface area contributed by atoms with E-state index in [1.807, 2.05) is 27.7 Å². The summed E-state index contributed by atoms with van der Waals surface area (Å²) in [7, 11) is 3.28. The molecule has 0 aliphatic carbocycles. The van der Waals surface area contributed by atoms with Gasteiger partial charge in [-0.3, -0.25) is 4.79 Å². The fourth-order valence-corrected chi connectivity index (χ4v) is 10.6. The van der Waals surface area contributed by atoms with Crippen molar-refractivity contribution in [2.75, 3.05) is 20.8 Å². The van der Waals surface area contributed by atoms with Crippen LogP contribution in [0.4, 0.5) is 0 Å². The number of oxime groups is 1. The minimum atomic E-state index is -2.01. The second kappa shape index (κ2) is 24.4. The van der Waals surface area contributed by atoms with Gasteiger partial charge < -0.3 is 63.4 Å². The fourth-order valence-electron chi connectivity index (χ4n) is 10.6. The molecule has 0 spiro atoms. The van der Waals surface area contributed by atoms with Crippen LogP contribution in [0.1, 0.15) is 116 Å². The van der Waals surface area contributed by atoms with E-state index in [1.165, 1.54) is 14.0 Å². The maximum Gasteiger partial charge on any atom is 0.338 e. The van der Waals surface area contributed by atoms with Gasteiger partial charge >= 0.3 is 17.9 Å². The average molecular weight is 983 g/mol. The number of benzene rings is 2. The van der Waals surface area contributed by atoms with Crippen molar-refractivity contribution >= 4 is 23.6 Å². The topological polar surface area (TPSA) is 219 Å². The number of carbonyl (C=O) groups is 3. The predicted octanol–water partition coefficient (Wildman–Crippen LogP) is 6.64. The summed E-state index contributed by atoms with van der Waals surface area (Å²) >= 11 is 0. The standard InChI is InChI=1S/C53H78N2O15/c1-14-26-63-52(10)28-30(3)41(55-61)32(5)44(56)53(11,60)39(15-2)66-47(57)34(7)42(67-40-29-51(9,62-13)46(35(8)65-40)69-49(59)37-24-20-17-21-25-37)33(6)45(52)70-50-43(38(54-12)27-31(4)64-50)68-48(58)36-22-18-16-19-23-36/h14,16-25,30-35,38-40,42-46,50,54,56,60-61H,1,15,26-29H2,2-13H3/b55-41+/t30-,31-,32+,33+,34-,35+,38+,39-,40+,42+,43-,44-,45-,46+,50+,51-,52+,53-/m1/s1. The van der Waals surface area contributed by atoms with E-state index in [2.05, 4.69) is 17.1 Å². The van der Waals surface area contributed by atoms with Crippen LogP contribution in [-0.4, -0.2) is 144 Å². The molecule has 2 aromatic carbocycles. The molecule has 17 nitrogen and oxygen atoms in total. The predicted molar refractivity (Wildman–Crippen MR) is 259 cm³/mol. The van der Waals surface area contributed by atoms with E-state index in [0.29, 0.717) is 17.5 Å². The Kier molecular flexibility index (Phi) is 19.7. The molecule has 0 radical (unpaired) electrons. The molecular weight excluding hydrogens is 905 g/mol. The largest absolute Gasteiger partial charge is 0.459 e. The van der Waals surface area contributed by atoms with Gasteiger partial charge in [0.05, 0.1) is 71.5 Å². The number of aliphatic hydroxyl groups is 2. The first-order chi connectivity index (χ1) is 33.1. The van der Waals surface area contributed by atoms with Crippen molar-refractivity contribution < 1.29 is 72.4 Å². The summed E-state index contributed by atoms with van der Waals surface area (Å²) in [4.78, 5) is 42.0. The Morgan fingerprint density at radius 2 is 1.46 bits per heavy atom. The van der Waals surface area contributed by atoms with E-state index >= 15 is 0 Å². The van der Waals surface area contributed by atoms with Gasteiger partial charge in [0.15, 0.2) is 24.8 Å². The number of hydrogen-bond donors (Lipinski definition) is 4. The van der Waals surface area contributed by atoms with Gasteiger partial charge in [0.25, 0.3) is 0 Å². The van der Waals surface area contributed by atoms with Crippen molar-refractivity contribution in [3.63, 3.8) is 0 Å². The van der Waals surface area contributed by atoms with Crippen LogP contribution in [0.15, 0.2) is 78.5 Å². The zero-order valence-corrected chi connectivity index (χ0v) is 42.9. The van der Waals surface area contributed by atoms with Gasteiger partial charge in [0, 0.05) is 31.3 Å². The van der Waals surface area contributed by atoms with Gasteiger partial charge in [-0.2, -0.15) is 0 Å². The van der Waals surface area contributed by atoms with Crippen LogP contribution in [0, 0.1) is 23.7 Å². The van der Waals surface area contributed by atoms with Crippen LogP contribution >= 0.6 is 0 Å². The number of hydrogen-bond acceptors (Lipinski definition) is 17. The molecule has 17 heteroatoms. The first kappa shape index (κ1) is 56.6. The second-order valence-electron chi connectivity index (χ2n) is 20.0. The molecule has 3 aliphatic rings. The van der Waals surface area contributed by atoms with Crippen molar-refractivity contribution in [2.45, 2.75) is 179 Å². The molecule has 5 rings (SSSR count). The molecule has 18 atom stereocenters. The van der Waals surface area contributed by atoms with Crippen molar-refractivity contribution in [1.29, 1.82) is 0 Å². The lowest BCUT2D eigenvalue weighted by Crippen LogP contribution is -2.62. The van der Waals surface area contributed by atoms with Crippen molar-refractivity contribution in [3.05, 3.63) is 84.4 Å². The third-order valence-electron chi connectivity index (χ3n) is 14.7. The van der Waals surface area contributed by atoms with E-state index in [1.54, 1.807) is 108 Å². The number of rotatable bonds is 14. The van der Waals surface area contributed by atoms with Gasteiger partial charge in [-0.25, -0.2) is 9.59 Å². The molecule has 70 heavy (non-hydrogen) atoms. The number of cyclic esters (lactones) is 1. The third-order valence-corrected chi connectivity index (χ3v) is 14.7. The van der Waals surface area contributed by atoms with Gasteiger partial charge in [-0.15, -0.1) is 6.58 Å². The molecule has 0 saturated carbocycles. The van der Waals surface area contributed by atoms with E-state index in [4.69, 9.17) is 42.6 Å². The molecule has 2 aromatic rings. The van der Waals surface area contributed by atoms with Crippen molar-refractivity contribution in [1.82, 2.24) is 5.32 Å². The SMILES string of the molecule is C=CCO[C@@]1(C)C[C@@H](C)/C(=N\O)[C@H](C)[C@@H](O)[C@](C)(O)[C@@H](CC)OC(=O)[C@H](C)[C@@H](O[C@H]2C[C@@](C)(OC)[C@@H](OC(=O)c3ccccc3)[C@H](C)O2)[C@H](C)[C@H]1O[C@@H]1O[C@H](C)C[C@H](NC)[C@H]1OC(=O)c1ccccc1. The molecule has 390 valence electrons. The van der Waals surface area contributed by atoms with Crippen molar-refractivity contribution in [2.24, 2.45) is 28.8 Å². The van der Waals surface area contributed by atoms with E-state index in [-0.39, 0.29) is 37.7 Å². The maximum absolute atomic E-state index is 14.8. The first-order valence-corrected chi connectivity index (χ1v) is 24.5. The zero-order chi connectivity index (χ0) is 51.7. The van der Waals surface area contributed by atoms with Crippen LogP contribution in [-0.2, 0) is 47.4 Å². The second-order valence-corrected chi connectivity index (χ2v) is 20.0. The van der Waals surface area contributed by atoms with Crippen LogP contribution in [0.25, 0.3) is 0 Å². The fraction of sp³-hybridized carbons (Fsp3) is 0.660. The number of ether oxygens (including phenoxy) is 9. The smallest absolute Gasteiger partial charge is 0.338 e. The highest BCUT2D eigenvalue weighted by molar-refractivity contribution is 5.90. The molecule has 4 N–H and O–H groups in total. The van der Waals surface area contributed by atoms with Crippen LogP contribution in [0.2, 0.25) is 0 Å². The number of nitrogens with one attached hydrogen (secondary N) is 1. The molecular formula is C53H78N2O15. The Morgan fingerprint density at radius 3 is 2.00 bits per heavy atom. The Bertz CT molecular complexity index is 2060. The lowest BCUT2D eigenvalue weighted by molar-refractivity contribution is -0.317. The lowest BCUT2D eigenvalue weighted by Gasteiger charge is -2.50. The zero-order valence-electron chi connectivity index (χ0n) is 42.9. The number of aliphatic hydroxyl groups excluding tert-OH is 1. The molecule has 3 fully saturated rings. The number of nitrogens with zero attached hydrogens (tertiary/aromatic N) is 1. The minimum absolute atomic E-state index is 0.0155.